The number of hydrogen-bond donors (Lipinski definition) is 1. The van der Waals surface area contributed by atoms with Gasteiger partial charge in [-0.05, 0) is 27.7 Å². The number of carbonyl (C=O) groups excluding carboxylic acids is 2. The Bertz CT molecular complexity index is 313. The second-order valence-corrected chi connectivity index (χ2v) is 5.56. The zero-order chi connectivity index (χ0) is 12.6. The average molecular weight is 247 g/mol. The highest BCUT2D eigenvalue weighted by atomic mass is 35.5. The number of halogens is 1. The van der Waals surface area contributed by atoms with Crippen LogP contribution in [-0.2, 0) is 9.59 Å². The number of amides is 2. The maximum atomic E-state index is 12.3. The van der Waals surface area contributed by atoms with Crippen LogP contribution in [0.2, 0.25) is 0 Å². The van der Waals surface area contributed by atoms with Crippen molar-refractivity contribution in [2.24, 2.45) is 5.41 Å². The third-order valence-corrected chi connectivity index (χ3v) is 3.68. The summed E-state index contributed by atoms with van der Waals surface area (Å²) in [4.78, 5) is 25.6. The summed E-state index contributed by atoms with van der Waals surface area (Å²) in [5.74, 6) is 0.0693. The van der Waals surface area contributed by atoms with Crippen LogP contribution in [0.1, 0.15) is 27.7 Å². The number of rotatable bonds is 2. The minimum absolute atomic E-state index is 0.0673. The fourth-order valence-corrected chi connectivity index (χ4v) is 1.79. The minimum atomic E-state index is -0.793. The van der Waals surface area contributed by atoms with Crippen molar-refractivity contribution in [1.82, 2.24) is 10.2 Å². The highest BCUT2D eigenvalue weighted by Gasteiger charge is 2.44. The van der Waals surface area contributed by atoms with E-state index in [0.717, 1.165) is 0 Å². The molecule has 5 heteroatoms. The van der Waals surface area contributed by atoms with E-state index < -0.39 is 11.0 Å². The molecule has 92 valence electrons. The summed E-state index contributed by atoms with van der Waals surface area (Å²) < 4.78 is 0. The third kappa shape index (κ3) is 2.17. The van der Waals surface area contributed by atoms with Gasteiger partial charge in [-0.25, -0.2) is 0 Å². The summed E-state index contributed by atoms with van der Waals surface area (Å²) in [7, 11) is 0. The highest BCUT2D eigenvalue weighted by molar-refractivity contribution is 6.20. The Morgan fingerprint density at radius 3 is 2.62 bits per heavy atom. The van der Waals surface area contributed by atoms with Gasteiger partial charge in [0, 0.05) is 19.0 Å². The molecule has 2 amide bonds. The standard InChI is InChI=1S/C11H19ClN2O2/c1-10(2,7-12)9(16)14-6-5-13-8(15)11(14,3)4/h5-7H2,1-4H3,(H,13,15). The monoisotopic (exact) mass is 246 g/mol. The molecule has 1 N–H and O–H groups in total. The first-order valence-corrected chi connectivity index (χ1v) is 5.93. The number of piperazine rings is 1. The molecule has 0 spiro atoms. The van der Waals surface area contributed by atoms with Gasteiger partial charge in [-0.15, -0.1) is 11.6 Å². The van der Waals surface area contributed by atoms with E-state index in [4.69, 9.17) is 11.6 Å². The van der Waals surface area contributed by atoms with E-state index in [1.807, 2.05) is 0 Å². The summed E-state index contributed by atoms with van der Waals surface area (Å²) in [6, 6.07) is 0. The highest BCUT2D eigenvalue weighted by Crippen LogP contribution is 2.27. The molecule has 0 aromatic heterocycles. The van der Waals surface area contributed by atoms with Crippen molar-refractivity contribution in [3.63, 3.8) is 0 Å². The molecular formula is C11H19ClN2O2. The second kappa shape index (κ2) is 4.24. The van der Waals surface area contributed by atoms with Gasteiger partial charge < -0.3 is 10.2 Å². The molecule has 4 nitrogen and oxygen atoms in total. The van der Waals surface area contributed by atoms with Gasteiger partial charge in [-0.3, -0.25) is 9.59 Å². The van der Waals surface area contributed by atoms with Gasteiger partial charge in [-0.2, -0.15) is 0 Å². The lowest BCUT2D eigenvalue weighted by Crippen LogP contribution is -2.65. The first-order chi connectivity index (χ1) is 7.23. The normalized spacial score (nSPS) is 20.6. The van der Waals surface area contributed by atoms with Crippen LogP contribution in [-0.4, -0.2) is 41.2 Å². The Morgan fingerprint density at radius 2 is 2.12 bits per heavy atom. The Balaban J connectivity index is 2.95. The average Bonchev–Trinajstić information content (AvgIpc) is 2.21. The summed E-state index contributed by atoms with van der Waals surface area (Å²) in [6.45, 7) is 8.15. The predicted molar refractivity (Wildman–Crippen MR) is 63.3 cm³/mol. The number of alkyl halides is 1. The van der Waals surface area contributed by atoms with E-state index in [-0.39, 0.29) is 17.7 Å². The maximum absolute atomic E-state index is 12.3. The Morgan fingerprint density at radius 1 is 1.56 bits per heavy atom. The topological polar surface area (TPSA) is 49.4 Å². The van der Waals surface area contributed by atoms with Gasteiger partial charge in [0.2, 0.25) is 11.8 Å². The van der Waals surface area contributed by atoms with E-state index in [9.17, 15) is 9.59 Å². The fraction of sp³-hybridized carbons (Fsp3) is 0.818. The van der Waals surface area contributed by atoms with Gasteiger partial charge in [-0.1, -0.05) is 0 Å². The van der Waals surface area contributed by atoms with Crippen molar-refractivity contribution >= 4 is 23.4 Å². The minimum Gasteiger partial charge on any atom is -0.352 e. The van der Waals surface area contributed by atoms with Crippen LogP contribution in [0.4, 0.5) is 0 Å². The van der Waals surface area contributed by atoms with Gasteiger partial charge in [0.05, 0.1) is 5.41 Å². The molecule has 1 rings (SSSR count). The molecular weight excluding hydrogens is 228 g/mol. The molecule has 16 heavy (non-hydrogen) atoms. The van der Waals surface area contributed by atoms with Crippen molar-refractivity contribution in [3.05, 3.63) is 0 Å². The lowest BCUT2D eigenvalue weighted by Gasteiger charge is -2.44. The van der Waals surface area contributed by atoms with Crippen molar-refractivity contribution in [2.75, 3.05) is 19.0 Å². The van der Waals surface area contributed by atoms with Crippen molar-refractivity contribution < 1.29 is 9.59 Å². The van der Waals surface area contributed by atoms with Gasteiger partial charge in [0.25, 0.3) is 0 Å². The van der Waals surface area contributed by atoms with Crippen LogP contribution in [0.25, 0.3) is 0 Å². The maximum Gasteiger partial charge on any atom is 0.245 e. The second-order valence-electron chi connectivity index (χ2n) is 5.29. The Hall–Kier alpha value is -0.770. The summed E-state index contributed by atoms with van der Waals surface area (Å²) in [5.41, 5.74) is -1.42. The SMILES string of the molecule is CC(C)(CCl)C(=O)N1CCNC(=O)C1(C)C. The van der Waals surface area contributed by atoms with Crippen LogP contribution in [0, 0.1) is 5.41 Å². The smallest absolute Gasteiger partial charge is 0.245 e. The Labute approximate surface area is 101 Å². The van der Waals surface area contributed by atoms with Gasteiger partial charge in [0.1, 0.15) is 5.54 Å². The number of hydrogen-bond acceptors (Lipinski definition) is 2. The van der Waals surface area contributed by atoms with Gasteiger partial charge >= 0.3 is 0 Å². The summed E-state index contributed by atoms with van der Waals surface area (Å²) in [5, 5.41) is 2.76. The van der Waals surface area contributed by atoms with E-state index in [1.165, 1.54) is 0 Å². The zero-order valence-corrected chi connectivity index (χ0v) is 11.0. The predicted octanol–water partition coefficient (Wildman–Crippen LogP) is 0.988. The van der Waals surface area contributed by atoms with Crippen LogP contribution in [0.15, 0.2) is 0 Å². The summed E-state index contributed by atoms with van der Waals surface area (Å²) in [6.07, 6.45) is 0. The molecule has 1 heterocycles. The molecule has 0 atom stereocenters. The van der Waals surface area contributed by atoms with Crippen LogP contribution in [0.3, 0.4) is 0 Å². The van der Waals surface area contributed by atoms with Crippen LogP contribution >= 0.6 is 11.6 Å². The van der Waals surface area contributed by atoms with E-state index >= 15 is 0 Å². The molecule has 0 bridgehead atoms. The van der Waals surface area contributed by atoms with E-state index in [0.29, 0.717) is 13.1 Å². The molecule has 0 saturated carbocycles. The van der Waals surface area contributed by atoms with Crippen LogP contribution < -0.4 is 5.32 Å². The molecule has 0 aliphatic carbocycles. The van der Waals surface area contributed by atoms with Crippen molar-refractivity contribution in [1.29, 1.82) is 0 Å². The molecule has 0 aromatic rings. The molecule has 0 unspecified atom stereocenters. The fourth-order valence-electron chi connectivity index (χ4n) is 1.68. The number of nitrogens with one attached hydrogen (secondary N) is 1. The number of carbonyl (C=O) groups is 2. The van der Waals surface area contributed by atoms with Crippen molar-refractivity contribution in [3.8, 4) is 0 Å². The lowest BCUT2D eigenvalue weighted by atomic mass is 9.89. The van der Waals surface area contributed by atoms with Crippen LogP contribution in [0.5, 0.6) is 0 Å². The zero-order valence-electron chi connectivity index (χ0n) is 10.3. The molecule has 1 fully saturated rings. The number of nitrogens with zero attached hydrogens (tertiary/aromatic N) is 1. The lowest BCUT2D eigenvalue weighted by molar-refractivity contribution is -0.154. The molecule has 1 saturated heterocycles. The first kappa shape index (κ1) is 13.3. The Kier molecular flexibility index (Phi) is 3.53. The van der Waals surface area contributed by atoms with Gasteiger partial charge in [0.15, 0.2) is 0 Å². The quantitative estimate of drug-likeness (QED) is 0.739. The first-order valence-electron chi connectivity index (χ1n) is 5.40. The third-order valence-electron chi connectivity index (χ3n) is 3.01. The van der Waals surface area contributed by atoms with E-state index in [1.54, 1.807) is 32.6 Å². The molecule has 0 radical (unpaired) electrons. The molecule has 1 aliphatic rings. The largest absolute Gasteiger partial charge is 0.352 e. The summed E-state index contributed by atoms with van der Waals surface area (Å²) >= 11 is 5.79. The molecule has 1 aliphatic heterocycles. The van der Waals surface area contributed by atoms with E-state index in [2.05, 4.69) is 5.32 Å². The van der Waals surface area contributed by atoms with Crippen molar-refractivity contribution in [2.45, 2.75) is 33.2 Å². The molecule has 0 aromatic carbocycles.